The maximum atomic E-state index is 13.1. The molecule has 0 unspecified atom stereocenters. The summed E-state index contributed by atoms with van der Waals surface area (Å²) in [6, 6.07) is 11.0. The first-order chi connectivity index (χ1) is 11.1. The first-order valence-corrected chi connectivity index (χ1v) is 7.64. The Bertz CT molecular complexity index is 911. The van der Waals surface area contributed by atoms with E-state index in [4.69, 9.17) is 35.4 Å². The summed E-state index contributed by atoms with van der Waals surface area (Å²) in [5, 5.41) is 12.0. The standard InChI is InChI=1S/C15H9Cl2FN4S/c16-12-2-1-3-13(17)11(12)8-19-22-14(20-21-15(22)23)9-4-6-10(18)7-5-9/h1-8H,(H,21,23). The van der Waals surface area contributed by atoms with Crippen molar-refractivity contribution in [1.29, 1.82) is 0 Å². The Morgan fingerprint density at radius 2 is 1.78 bits per heavy atom. The average Bonchev–Trinajstić information content (AvgIpc) is 2.89. The van der Waals surface area contributed by atoms with E-state index in [1.807, 2.05) is 0 Å². The van der Waals surface area contributed by atoms with Gasteiger partial charge >= 0.3 is 0 Å². The summed E-state index contributed by atoms with van der Waals surface area (Å²) in [5.41, 5.74) is 1.24. The van der Waals surface area contributed by atoms with Gasteiger partial charge in [-0.05, 0) is 48.6 Å². The Balaban J connectivity index is 2.04. The third-order valence-electron chi connectivity index (χ3n) is 3.05. The molecule has 0 aliphatic rings. The lowest BCUT2D eigenvalue weighted by Gasteiger charge is -2.03. The van der Waals surface area contributed by atoms with Crippen molar-refractivity contribution in [3.05, 3.63) is 68.7 Å². The van der Waals surface area contributed by atoms with E-state index in [1.165, 1.54) is 23.0 Å². The lowest BCUT2D eigenvalue weighted by Crippen LogP contribution is -1.96. The van der Waals surface area contributed by atoms with Crippen LogP contribution in [0.1, 0.15) is 5.56 Å². The molecule has 0 aliphatic carbocycles. The second-order valence-electron chi connectivity index (χ2n) is 4.55. The van der Waals surface area contributed by atoms with Crippen molar-refractivity contribution >= 4 is 41.6 Å². The first-order valence-electron chi connectivity index (χ1n) is 6.48. The molecule has 4 nitrogen and oxygen atoms in total. The quantitative estimate of drug-likeness (QED) is 0.527. The van der Waals surface area contributed by atoms with E-state index in [0.717, 1.165) is 0 Å². The van der Waals surface area contributed by atoms with Crippen LogP contribution in [-0.4, -0.2) is 21.1 Å². The van der Waals surface area contributed by atoms with E-state index < -0.39 is 0 Å². The van der Waals surface area contributed by atoms with E-state index >= 15 is 0 Å². The van der Waals surface area contributed by atoms with Crippen molar-refractivity contribution < 1.29 is 4.39 Å². The molecular weight excluding hydrogens is 358 g/mol. The van der Waals surface area contributed by atoms with Crippen LogP contribution in [0.4, 0.5) is 4.39 Å². The van der Waals surface area contributed by atoms with Crippen LogP contribution in [0.25, 0.3) is 11.4 Å². The molecule has 0 saturated carbocycles. The highest BCUT2D eigenvalue weighted by molar-refractivity contribution is 7.71. The van der Waals surface area contributed by atoms with Gasteiger partial charge in [0.2, 0.25) is 4.77 Å². The highest BCUT2D eigenvalue weighted by atomic mass is 35.5. The van der Waals surface area contributed by atoms with Crippen LogP contribution < -0.4 is 0 Å². The summed E-state index contributed by atoms with van der Waals surface area (Å²) in [6.45, 7) is 0. The monoisotopic (exact) mass is 366 g/mol. The lowest BCUT2D eigenvalue weighted by molar-refractivity contribution is 0.628. The number of nitrogens with zero attached hydrogens (tertiary/aromatic N) is 3. The van der Waals surface area contributed by atoms with Crippen LogP contribution in [0, 0.1) is 10.6 Å². The van der Waals surface area contributed by atoms with Gasteiger partial charge in [-0.1, -0.05) is 29.3 Å². The van der Waals surface area contributed by atoms with E-state index in [-0.39, 0.29) is 5.82 Å². The summed E-state index contributed by atoms with van der Waals surface area (Å²) >= 11 is 17.4. The second-order valence-corrected chi connectivity index (χ2v) is 5.75. The Hall–Kier alpha value is -2.02. The number of nitrogens with one attached hydrogen (secondary N) is 1. The lowest BCUT2D eigenvalue weighted by atomic mass is 10.2. The fourth-order valence-electron chi connectivity index (χ4n) is 1.93. The SMILES string of the molecule is Fc1ccc(-c2n[nH]c(=S)n2N=Cc2c(Cl)cccc2Cl)cc1. The normalized spacial score (nSPS) is 11.3. The average molecular weight is 367 g/mol. The molecule has 3 aromatic rings. The minimum atomic E-state index is -0.333. The van der Waals surface area contributed by atoms with Crippen LogP contribution in [0.2, 0.25) is 10.0 Å². The van der Waals surface area contributed by atoms with Crippen LogP contribution >= 0.6 is 35.4 Å². The molecule has 1 N–H and O–H groups in total. The van der Waals surface area contributed by atoms with Crippen molar-refractivity contribution in [2.24, 2.45) is 5.10 Å². The number of H-pyrrole nitrogens is 1. The molecule has 0 bridgehead atoms. The molecule has 0 atom stereocenters. The van der Waals surface area contributed by atoms with Crippen LogP contribution in [-0.2, 0) is 0 Å². The molecule has 0 saturated heterocycles. The molecule has 2 aromatic carbocycles. The topological polar surface area (TPSA) is 46.0 Å². The van der Waals surface area contributed by atoms with Gasteiger partial charge in [-0.25, -0.2) is 9.49 Å². The van der Waals surface area contributed by atoms with Gasteiger partial charge < -0.3 is 0 Å². The Morgan fingerprint density at radius 1 is 1.13 bits per heavy atom. The van der Waals surface area contributed by atoms with E-state index in [2.05, 4.69) is 15.3 Å². The van der Waals surface area contributed by atoms with E-state index in [0.29, 0.717) is 31.8 Å². The first kappa shape index (κ1) is 15.9. The molecule has 3 rings (SSSR count). The number of aromatic nitrogens is 3. The van der Waals surface area contributed by atoms with Gasteiger partial charge in [-0.3, -0.25) is 0 Å². The highest BCUT2D eigenvalue weighted by Crippen LogP contribution is 2.23. The highest BCUT2D eigenvalue weighted by Gasteiger charge is 2.09. The van der Waals surface area contributed by atoms with Gasteiger partial charge in [0, 0.05) is 11.1 Å². The molecule has 0 fully saturated rings. The fraction of sp³-hybridized carbons (Fsp3) is 0. The number of aromatic amines is 1. The van der Waals surface area contributed by atoms with Gasteiger partial charge in [0.1, 0.15) is 5.82 Å². The van der Waals surface area contributed by atoms with Crippen molar-refractivity contribution in [2.45, 2.75) is 0 Å². The van der Waals surface area contributed by atoms with Crippen LogP contribution in [0.3, 0.4) is 0 Å². The molecule has 0 amide bonds. The summed E-state index contributed by atoms with van der Waals surface area (Å²) < 4.78 is 14.8. The van der Waals surface area contributed by atoms with E-state index in [1.54, 1.807) is 30.3 Å². The second kappa shape index (κ2) is 6.62. The Labute approximate surface area is 146 Å². The Kier molecular flexibility index (Phi) is 4.56. The molecular formula is C15H9Cl2FN4S. The van der Waals surface area contributed by atoms with Crippen molar-refractivity contribution in [1.82, 2.24) is 14.9 Å². The number of hydrogen-bond donors (Lipinski definition) is 1. The number of benzene rings is 2. The zero-order valence-corrected chi connectivity index (χ0v) is 13.8. The molecule has 0 aliphatic heterocycles. The fourth-order valence-corrected chi connectivity index (χ4v) is 2.61. The predicted molar refractivity (Wildman–Crippen MR) is 92.3 cm³/mol. The molecule has 23 heavy (non-hydrogen) atoms. The van der Waals surface area contributed by atoms with Gasteiger partial charge in [-0.15, -0.1) is 0 Å². The van der Waals surface area contributed by atoms with E-state index in [9.17, 15) is 4.39 Å². The summed E-state index contributed by atoms with van der Waals surface area (Å²) in [4.78, 5) is 0. The number of hydrogen-bond acceptors (Lipinski definition) is 3. The summed E-state index contributed by atoms with van der Waals surface area (Å²) in [6.07, 6.45) is 1.50. The number of rotatable bonds is 3. The number of halogens is 3. The molecule has 8 heteroatoms. The maximum absolute atomic E-state index is 13.1. The van der Waals surface area contributed by atoms with Crippen LogP contribution in [0.15, 0.2) is 47.6 Å². The predicted octanol–water partition coefficient (Wildman–Crippen LogP) is 4.94. The van der Waals surface area contributed by atoms with Gasteiger partial charge in [0.25, 0.3) is 0 Å². The summed E-state index contributed by atoms with van der Waals surface area (Å²) in [7, 11) is 0. The van der Waals surface area contributed by atoms with Gasteiger partial charge in [0.15, 0.2) is 5.82 Å². The summed E-state index contributed by atoms with van der Waals surface area (Å²) in [5.74, 6) is 0.121. The van der Waals surface area contributed by atoms with Crippen LogP contribution in [0.5, 0.6) is 0 Å². The smallest absolute Gasteiger partial charge is 0.216 e. The molecule has 116 valence electrons. The maximum Gasteiger partial charge on any atom is 0.216 e. The third kappa shape index (κ3) is 3.34. The molecule has 1 heterocycles. The molecule has 1 aromatic heterocycles. The third-order valence-corrected chi connectivity index (χ3v) is 3.98. The minimum Gasteiger partial charge on any atom is -0.250 e. The zero-order valence-electron chi connectivity index (χ0n) is 11.5. The Morgan fingerprint density at radius 3 is 2.43 bits per heavy atom. The molecule has 0 radical (unpaired) electrons. The minimum absolute atomic E-state index is 0.295. The van der Waals surface area contributed by atoms with Crippen molar-refractivity contribution in [2.75, 3.05) is 0 Å². The van der Waals surface area contributed by atoms with Crippen molar-refractivity contribution in [3.8, 4) is 11.4 Å². The van der Waals surface area contributed by atoms with Crippen molar-refractivity contribution in [3.63, 3.8) is 0 Å². The molecule has 0 spiro atoms. The zero-order chi connectivity index (χ0) is 16.4. The largest absolute Gasteiger partial charge is 0.250 e. The van der Waals surface area contributed by atoms with Gasteiger partial charge in [-0.2, -0.15) is 14.9 Å². The van der Waals surface area contributed by atoms with Gasteiger partial charge in [0.05, 0.1) is 16.3 Å².